The van der Waals surface area contributed by atoms with Crippen LogP contribution in [0.4, 0.5) is 5.69 Å². The molecule has 3 aliphatic rings. The van der Waals surface area contributed by atoms with E-state index in [0.29, 0.717) is 17.8 Å². The lowest BCUT2D eigenvalue weighted by atomic mass is 9.86. The summed E-state index contributed by atoms with van der Waals surface area (Å²) in [5, 5.41) is 0. The van der Waals surface area contributed by atoms with Gasteiger partial charge in [0.2, 0.25) is 11.5 Å². The van der Waals surface area contributed by atoms with Gasteiger partial charge in [-0.15, -0.1) is 0 Å². The smallest absolute Gasteiger partial charge is 0.344 e. The first-order valence-corrected chi connectivity index (χ1v) is 11.8. The summed E-state index contributed by atoms with van der Waals surface area (Å²) in [7, 11) is 0. The summed E-state index contributed by atoms with van der Waals surface area (Å²) >= 11 is 0. The first-order chi connectivity index (χ1) is 16.0. The number of nitrogens with zero attached hydrogens (tertiary/aromatic N) is 2. The highest BCUT2D eigenvalue weighted by molar-refractivity contribution is 6.29. The maximum Gasteiger partial charge on any atom is 0.344 e. The molecule has 176 valence electrons. The Morgan fingerprint density at radius 2 is 1.73 bits per heavy atom. The fourth-order valence-electron chi connectivity index (χ4n) is 4.91. The molecule has 1 atom stereocenters. The van der Waals surface area contributed by atoms with E-state index >= 15 is 0 Å². The number of rotatable bonds is 6. The van der Waals surface area contributed by atoms with E-state index < -0.39 is 23.4 Å². The zero-order valence-corrected chi connectivity index (χ0v) is 19.4. The highest BCUT2D eigenvalue weighted by Crippen LogP contribution is 2.52. The normalized spacial score (nSPS) is 23.8. The molecule has 1 aromatic carbocycles. The van der Waals surface area contributed by atoms with Crippen LogP contribution in [0.15, 0.2) is 40.4 Å². The lowest BCUT2D eigenvalue weighted by Crippen LogP contribution is -2.44. The zero-order chi connectivity index (χ0) is 23.6. The van der Waals surface area contributed by atoms with Gasteiger partial charge in [0.1, 0.15) is 11.1 Å². The largest absolute Gasteiger partial charge is 0.462 e. The Kier molecular flexibility index (Phi) is 6.54. The van der Waals surface area contributed by atoms with Crippen molar-refractivity contribution in [1.29, 1.82) is 0 Å². The molecule has 1 aromatic rings. The van der Waals surface area contributed by atoms with E-state index in [4.69, 9.17) is 19.2 Å². The van der Waals surface area contributed by atoms with Crippen LogP contribution in [-0.4, -0.2) is 49.5 Å². The number of fused-ring (bicyclic) bond motifs is 2. The third-order valence-corrected chi connectivity index (χ3v) is 6.34. The molecule has 0 bridgehead atoms. The van der Waals surface area contributed by atoms with Crippen molar-refractivity contribution in [2.45, 2.75) is 64.5 Å². The van der Waals surface area contributed by atoms with Crippen molar-refractivity contribution in [3.63, 3.8) is 0 Å². The molecular weight excluding hydrogens is 424 g/mol. The van der Waals surface area contributed by atoms with Gasteiger partial charge in [-0.25, -0.2) is 14.6 Å². The Hall–Kier alpha value is -3.16. The monoisotopic (exact) mass is 454 g/mol. The topological polar surface area (TPSA) is 94.5 Å². The highest BCUT2D eigenvalue weighted by atomic mass is 16.6. The highest BCUT2D eigenvalue weighted by Gasteiger charge is 2.64. The molecule has 1 spiro atoms. The Bertz CT molecular complexity index is 1020. The van der Waals surface area contributed by atoms with E-state index in [9.17, 15) is 14.4 Å². The summed E-state index contributed by atoms with van der Waals surface area (Å²) < 4.78 is 17.0. The van der Waals surface area contributed by atoms with Crippen LogP contribution in [-0.2, 0) is 34.2 Å². The van der Waals surface area contributed by atoms with E-state index in [1.165, 1.54) is 0 Å². The minimum Gasteiger partial charge on any atom is -0.462 e. The molecule has 33 heavy (non-hydrogen) atoms. The summed E-state index contributed by atoms with van der Waals surface area (Å²) in [5.74, 6) is -1.97. The van der Waals surface area contributed by atoms with Crippen LogP contribution in [0.1, 0.15) is 58.4 Å². The van der Waals surface area contributed by atoms with Crippen molar-refractivity contribution < 1.29 is 28.6 Å². The van der Waals surface area contributed by atoms with Gasteiger partial charge in [0.15, 0.2) is 0 Å². The summed E-state index contributed by atoms with van der Waals surface area (Å²) in [6.07, 6.45) is 4.91. The molecule has 0 radical (unpaired) electrons. The second kappa shape index (κ2) is 9.37. The zero-order valence-electron chi connectivity index (χ0n) is 19.4. The summed E-state index contributed by atoms with van der Waals surface area (Å²) in [6, 6.07) is 7.09. The van der Waals surface area contributed by atoms with E-state index in [1.807, 2.05) is 13.0 Å². The molecule has 1 fully saturated rings. The Balaban J connectivity index is 1.97. The predicted octanol–water partition coefficient (Wildman–Crippen LogP) is 3.43. The van der Waals surface area contributed by atoms with E-state index in [1.54, 1.807) is 36.9 Å². The average Bonchev–Trinajstić information content (AvgIpc) is 3.28. The predicted molar refractivity (Wildman–Crippen MR) is 122 cm³/mol. The number of carbonyl (C=O) groups is 3. The number of benzene rings is 1. The molecule has 1 saturated carbocycles. The molecule has 0 saturated heterocycles. The molecule has 0 N–H and O–H groups in total. The van der Waals surface area contributed by atoms with Gasteiger partial charge in [-0.05, 0) is 39.7 Å². The van der Waals surface area contributed by atoms with Crippen molar-refractivity contribution in [2.24, 2.45) is 4.99 Å². The third kappa shape index (κ3) is 3.71. The summed E-state index contributed by atoms with van der Waals surface area (Å²) in [6.45, 7) is 5.76. The van der Waals surface area contributed by atoms with Crippen LogP contribution in [0.5, 0.6) is 0 Å². The minimum absolute atomic E-state index is 0.00971. The fourth-order valence-corrected chi connectivity index (χ4v) is 4.91. The van der Waals surface area contributed by atoms with Gasteiger partial charge >= 0.3 is 11.9 Å². The number of para-hydroxylation sites is 1. The average molecular weight is 455 g/mol. The lowest BCUT2D eigenvalue weighted by molar-refractivity contribution is -0.145. The molecule has 1 unspecified atom stereocenters. The number of amides is 1. The van der Waals surface area contributed by atoms with Crippen LogP contribution in [0, 0.1) is 0 Å². The first kappa shape index (κ1) is 23.0. The molecule has 1 aliphatic carbocycles. The van der Waals surface area contributed by atoms with Gasteiger partial charge in [-0.2, -0.15) is 0 Å². The molecule has 8 heteroatoms. The van der Waals surface area contributed by atoms with Crippen molar-refractivity contribution in [3.05, 3.63) is 41.0 Å². The SMILES string of the molecule is CCOC(=O)C1=C(C(=O)OCC)C2(OC1=NC1CCCCC1)C(=O)N(CC)c1ccccc12. The summed E-state index contributed by atoms with van der Waals surface area (Å²) in [4.78, 5) is 46.6. The molecule has 2 heterocycles. The van der Waals surface area contributed by atoms with Crippen LogP contribution in [0.2, 0.25) is 0 Å². The van der Waals surface area contributed by atoms with Crippen LogP contribution in [0.25, 0.3) is 0 Å². The van der Waals surface area contributed by atoms with Crippen LogP contribution >= 0.6 is 0 Å². The standard InChI is InChI=1S/C25H30N2O6/c1-4-27-18-15-11-10-14-17(18)25(24(27)30)20(23(29)32-6-3)19(22(28)31-5-2)21(33-25)26-16-12-8-7-9-13-16/h10-11,14-16H,4-9,12-13H2,1-3H3. The van der Waals surface area contributed by atoms with E-state index in [-0.39, 0.29) is 36.3 Å². The second-order valence-electron chi connectivity index (χ2n) is 8.27. The van der Waals surface area contributed by atoms with Crippen LogP contribution in [0.3, 0.4) is 0 Å². The Morgan fingerprint density at radius 1 is 1.06 bits per heavy atom. The van der Waals surface area contributed by atoms with Gasteiger partial charge in [0.25, 0.3) is 5.91 Å². The van der Waals surface area contributed by atoms with E-state index in [0.717, 1.165) is 32.1 Å². The number of hydrogen-bond acceptors (Lipinski definition) is 7. The van der Waals surface area contributed by atoms with Gasteiger partial charge in [-0.1, -0.05) is 37.5 Å². The van der Waals surface area contributed by atoms with Gasteiger partial charge in [0, 0.05) is 12.1 Å². The molecular formula is C25H30N2O6. The molecule has 1 amide bonds. The fraction of sp³-hybridized carbons (Fsp3) is 0.520. The van der Waals surface area contributed by atoms with Gasteiger partial charge in [-0.3, -0.25) is 4.79 Å². The van der Waals surface area contributed by atoms with Crippen molar-refractivity contribution >= 4 is 29.4 Å². The van der Waals surface area contributed by atoms with Crippen LogP contribution < -0.4 is 4.90 Å². The van der Waals surface area contributed by atoms with Crippen molar-refractivity contribution in [2.75, 3.05) is 24.7 Å². The second-order valence-corrected chi connectivity index (χ2v) is 8.27. The number of anilines is 1. The molecule has 4 rings (SSSR count). The van der Waals surface area contributed by atoms with Crippen molar-refractivity contribution in [1.82, 2.24) is 0 Å². The number of likely N-dealkylation sites (N-methyl/N-ethyl adjacent to an activating group) is 1. The lowest BCUT2D eigenvalue weighted by Gasteiger charge is -2.26. The number of carbonyl (C=O) groups excluding carboxylic acids is 3. The van der Waals surface area contributed by atoms with E-state index in [2.05, 4.69) is 0 Å². The van der Waals surface area contributed by atoms with Crippen molar-refractivity contribution in [3.8, 4) is 0 Å². The number of hydrogen-bond donors (Lipinski definition) is 0. The minimum atomic E-state index is -1.82. The maximum absolute atomic E-state index is 13.9. The quantitative estimate of drug-likeness (QED) is 0.611. The first-order valence-electron chi connectivity index (χ1n) is 11.8. The van der Waals surface area contributed by atoms with Gasteiger partial charge in [0.05, 0.1) is 24.9 Å². The number of esters is 2. The maximum atomic E-state index is 13.9. The van der Waals surface area contributed by atoms with Gasteiger partial charge < -0.3 is 19.1 Å². The molecule has 2 aliphatic heterocycles. The summed E-state index contributed by atoms with van der Waals surface area (Å²) in [5.41, 5.74) is -0.953. The molecule has 8 nitrogen and oxygen atoms in total. The Labute approximate surface area is 193 Å². The third-order valence-electron chi connectivity index (χ3n) is 6.34. The number of aliphatic imine (C=N–C) groups is 1. The number of ether oxygens (including phenoxy) is 3. The Morgan fingerprint density at radius 3 is 2.39 bits per heavy atom. The molecule has 0 aromatic heterocycles.